The maximum absolute atomic E-state index is 12.1. The van der Waals surface area contributed by atoms with Crippen LogP contribution in [-0.2, 0) is 0 Å². The molecule has 0 fully saturated rings. The fourth-order valence-corrected chi connectivity index (χ4v) is 1.51. The predicted octanol–water partition coefficient (Wildman–Crippen LogP) is 1.99. The molecule has 0 radical (unpaired) electrons. The molecule has 0 bridgehead atoms. The van der Waals surface area contributed by atoms with Gasteiger partial charge in [-0.3, -0.25) is 4.79 Å². The molecule has 1 aromatic rings. The van der Waals surface area contributed by atoms with Crippen LogP contribution in [0, 0.1) is 18.3 Å². The monoisotopic (exact) mass is 232 g/mol. The number of rotatable bonds is 4. The largest absolute Gasteiger partial charge is 0.496 e. The zero-order valence-corrected chi connectivity index (χ0v) is 10.4. The first kappa shape index (κ1) is 13.0. The van der Waals surface area contributed by atoms with Gasteiger partial charge in [-0.2, -0.15) is 5.26 Å². The Balaban J connectivity index is 2.95. The smallest absolute Gasteiger partial charge is 0.257 e. The molecule has 0 aliphatic heterocycles. The summed E-state index contributed by atoms with van der Waals surface area (Å²) >= 11 is 0. The second-order valence-electron chi connectivity index (χ2n) is 3.84. The Morgan fingerprint density at radius 1 is 1.53 bits per heavy atom. The number of ether oxygens (including phenoxy) is 1. The standard InChI is InChI=1S/C13H16N2O2/c1-10-5-6-12(17-3)11(9-10)13(16)15(2)8-4-7-14/h5-6,9H,4,8H2,1-3H3. The van der Waals surface area contributed by atoms with E-state index in [0.29, 0.717) is 24.3 Å². The number of benzene rings is 1. The van der Waals surface area contributed by atoms with Gasteiger partial charge in [0.1, 0.15) is 5.75 Å². The summed E-state index contributed by atoms with van der Waals surface area (Å²) in [6, 6.07) is 7.49. The van der Waals surface area contributed by atoms with Crippen LogP contribution in [-0.4, -0.2) is 31.5 Å². The van der Waals surface area contributed by atoms with Crippen LogP contribution in [0.5, 0.6) is 5.75 Å². The number of methoxy groups -OCH3 is 1. The van der Waals surface area contributed by atoms with Crippen molar-refractivity contribution in [1.82, 2.24) is 4.90 Å². The minimum Gasteiger partial charge on any atom is -0.496 e. The maximum Gasteiger partial charge on any atom is 0.257 e. The topological polar surface area (TPSA) is 53.3 Å². The minimum absolute atomic E-state index is 0.124. The van der Waals surface area contributed by atoms with Crippen LogP contribution in [0.25, 0.3) is 0 Å². The van der Waals surface area contributed by atoms with Gasteiger partial charge in [-0.05, 0) is 19.1 Å². The first-order valence-electron chi connectivity index (χ1n) is 5.37. The summed E-state index contributed by atoms with van der Waals surface area (Å²) in [6.45, 7) is 2.35. The van der Waals surface area contributed by atoms with Crippen LogP contribution in [0.4, 0.5) is 0 Å². The molecule has 1 aromatic carbocycles. The second kappa shape index (κ2) is 5.90. The Hall–Kier alpha value is -2.02. The summed E-state index contributed by atoms with van der Waals surface area (Å²) in [5, 5.41) is 8.50. The van der Waals surface area contributed by atoms with Gasteiger partial charge in [-0.1, -0.05) is 11.6 Å². The third-order valence-electron chi connectivity index (χ3n) is 2.49. The molecule has 0 saturated heterocycles. The van der Waals surface area contributed by atoms with Crippen molar-refractivity contribution >= 4 is 5.91 Å². The minimum atomic E-state index is -0.124. The van der Waals surface area contributed by atoms with E-state index < -0.39 is 0 Å². The van der Waals surface area contributed by atoms with E-state index in [2.05, 4.69) is 0 Å². The lowest BCUT2D eigenvalue weighted by atomic mass is 10.1. The molecule has 0 unspecified atom stereocenters. The third-order valence-corrected chi connectivity index (χ3v) is 2.49. The van der Waals surface area contributed by atoms with E-state index in [0.717, 1.165) is 5.56 Å². The number of nitrogens with zero attached hydrogens (tertiary/aromatic N) is 2. The molecule has 0 saturated carbocycles. The summed E-state index contributed by atoms with van der Waals surface area (Å²) in [5.41, 5.74) is 1.54. The van der Waals surface area contributed by atoms with Gasteiger partial charge in [0.25, 0.3) is 5.91 Å². The van der Waals surface area contributed by atoms with E-state index in [1.54, 1.807) is 19.2 Å². The summed E-state index contributed by atoms with van der Waals surface area (Å²) in [6.07, 6.45) is 0.330. The summed E-state index contributed by atoms with van der Waals surface area (Å²) < 4.78 is 5.16. The number of aryl methyl sites for hydroxylation is 1. The van der Waals surface area contributed by atoms with Crippen LogP contribution in [0.15, 0.2) is 18.2 Å². The normalized spacial score (nSPS) is 9.53. The predicted molar refractivity (Wildman–Crippen MR) is 64.9 cm³/mol. The highest BCUT2D eigenvalue weighted by atomic mass is 16.5. The fraction of sp³-hybridized carbons (Fsp3) is 0.385. The van der Waals surface area contributed by atoms with E-state index in [9.17, 15) is 4.79 Å². The molecule has 17 heavy (non-hydrogen) atoms. The molecular formula is C13H16N2O2. The quantitative estimate of drug-likeness (QED) is 0.797. The van der Waals surface area contributed by atoms with E-state index in [1.165, 1.54) is 12.0 Å². The van der Waals surface area contributed by atoms with Crippen molar-refractivity contribution in [3.8, 4) is 11.8 Å². The molecule has 4 nitrogen and oxygen atoms in total. The first-order valence-corrected chi connectivity index (χ1v) is 5.37. The highest BCUT2D eigenvalue weighted by Gasteiger charge is 2.16. The van der Waals surface area contributed by atoms with Crippen LogP contribution < -0.4 is 4.74 Å². The van der Waals surface area contributed by atoms with E-state index in [4.69, 9.17) is 10.00 Å². The van der Waals surface area contributed by atoms with E-state index in [1.807, 2.05) is 19.1 Å². The molecule has 0 aliphatic carbocycles. The van der Waals surface area contributed by atoms with Gasteiger partial charge in [0, 0.05) is 13.6 Å². The number of nitriles is 1. The van der Waals surface area contributed by atoms with Gasteiger partial charge >= 0.3 is 0 Å². The SMILES string of the molecule is COc1ccc(C)cc1C(=O)N(C)CCC#N. The molecule has 1 amide bonds. The zero-order chi connectivity index (χ0) is 12.8. The molecule has 0 spiro atoms. The van der Waals surface area contributed by atoms with Crippen molar-refractivity contribution in [3.05, 3.63) is 29.3 Å². The Kier molecular flexibility index (Phi) is 4.53. The number of carbonyl (C=O) groups is 1. The number of hydrogen-bond donors (Lipinski definition) is 0. The summed E-state index contributed by atoms with van der Waals surface area (Å²) in [5.74, 6) is 0.435. The molecule has 0 aliphatic rings. The Morgan fingerprint density at radius 3 is 2.82 bits per heavy atom. The Bertz CT molecular complexity index is 449. The number of carbonyl (C=O) groups excluding carboxylic acids is 1. The molecule has 0 heterocycles. The van der Waals surface area contributed by atoms with Crippen LogP contribution >= 0.6 is 0 Å². The number of hydrogen-bond acceptors (Lipinski definition) is 3. The first-order chi connectivity index (χ1) is 8.10. The van der Waals surface area contributed by atoms with Gasteiger partial charge in [-0.25, -0.2) is 0 Å². The van der Waals surface area contributed by atoms with Crippen molar-refractivity contribution in [2.45, 2.75) is 13.3 Å². The van der Waals surface area contributed by atoms with Gasteiger partial charge in [0.15, 0.2) is 0 Å². The number of amides is 1. The second-order valence-corrected chi connectivity index (χ2v) is 3.84. The van der Waals surface area contributed by atoms with Crippen molar-refractivity contribution in [2.75, 3.05) is 20.7 Å². The van der Waals surface area contributed by atoms with Gasteiger partial charge < -0.3 is 9.64 Å². The summed E-state index contributed by atoms with van der Waals surface area (Å²) in [4.78, 5) is 13.6. The van der Waals surface area contributed by atoms with Crippen molar-refractivity contribution in [2.24, 2.45) is 0 Å². The molecule has 0 N–H and O–H groups in total. The Labute approximate surface area is 101 Å². The average molecular weight is 232 g/mol. The average Bonchev–Trinajstić information content (AvgIpc) is 2.34. The lowest BCUT2D eigenvalue weighted by Crippen LogP contribution is -2.28. The third kappa shape index (κ3) is 3.22. The molecule has 0 aromatic heterocycles. The van der Waals surface area contributed by atoms with Crippen LogP contribution in [0.3, 0.4) is 0 Å². The van der Waals surface area contributed by atoms with E-state index in [-0.39, 0.29) is 5.91 Å². The highest BCUT2D eigenvalue weighted by molar-refractivity contribution is 5.97. The maximum atomic E-state index is 12.1. The van der Waals surface area contributed by atoms with Crippen molar-refractivity contribution < 1.29 is 9.53 Å². The highest BCUT2D eigenvalue weighted by Crippen LogP contribution is 2.21. The van der Waals surface area contributed by atoms with E-state index >= 15 is 0 Å². The fourth-order valence-electron chi connectivity index (χ4n) is 1.51. The molecule has 1 rings (SSSR count). The molecule has 0 atom stereocenters. The molecule has 90 valence electrons. The molecule has 4 heteroatoms. The van der Waals surface area contributed by atoms with Gasteiger partial charge in [0.2, 0.25) is 0 Å². The lowest BCUT2D eigenvalue weighted by Gasteiger charge is -2.17. The van der Waals surface area contributed by atoms with Crippen LogP contribution in [0.2, 0.25) is 0 Å². The summed E-state index contributed by atoms with van der Waals surface area (Å²) in [7, 11) is 3.22. The van der Waals surface area contributed by atoms with Crippen molar-refractivity contribution in [1.29, 1.82) is 5.26 Å². The van der Waals surface area contributed by atoms with Crippen molar-refractivity contribution in [3.63, 3.8) is 0 Å². The Morgan fingerprint density at radius 2 is 2.24 bits per heavy atom. The lowest BCUT2D eigenvalue weighted by molar-refractivity contribution is 0.0794. The zero-order valence-electron chi connectivity index (χ0n) is 10.4. The van der Waals surface area contributed by atoms with Crippen LogP contribution in [0.1, 0.15) is 22.3 Å². The van der Waals surface area contributed by atoms with Gasteiger partial charge in [-0.15, -0.1) is 0 Å². The van der Waals surface area contributed by atoms with Gasteiger partial charge in [0.05, 0.1) is 25.2 Å². The molecular weight excluding hydrogens is 216 g/mol.